The number of carbonyl (C=O) groups excluding carboxylic acids is 1. The number of hydrogen-bond acceptors (Lipinski definition) is 2. The maximum absolute atomic E-state index is 13.9. The molecule has 0 unspecified atom stereocenters. The Hall–Kier alpha value is -1.55. The van der Waals surface area contributed by atoms with Gasteiger partial charge in [0.25, 0.3) is 0 Å². The summed E-state index contributed by atoms with van der Waals surface area (Å²) in [5, 5.41) is 1.69. The van der Waals surface area contributed by atoms with E-state index in [1.54, 1.807) is 12.3 Å². The molecule has 0 atom stereocenters. The molecule has 2 rings (SSSR count). The molecular weight excluding hydrogens is 254 g/mol. The molecule has 0 fully saturated rings. The van der Waals surface area contributed by atoms with E-state index in [0.29, 0.717) is 11.1 Å². The van der Waals surface area contributed by atoms with Crippen LogP contribution >= 0.6 is 11.3 Å². The lowest BCUT2D eigenvalue weighted by Crippen LogP contribution is -1.98. The Kier molecular flexibility index (Phi) is 3.30. The monoisotopic (exact) mass is 266 g/mol. The molecule has 0 N–H and O–H groups in total. The quantitative estimate of drug-likeness (QED) is 0.731. The molecule has 2 aromatic rings. The minimum absolute atomic E-state index is 0.135. The normalized spacial score (nSPS) is 10.7. The number of rotatable bonds is 2. The fraction of sp³-hybridized carbons (Fsp3) is 0.214. The molecule has 18 heavy (non-hydrogen) atoms. The molecular formula is C14H12F2OS. The van der Waals surface area contributed by atoms with Crippen molar-refractivity contribution < 1.29 is 13.6 Å². The fourth-order valence-electron chi connectivity index (χ4n) is 1.94. The molecule has 1 heterocycles. The van der Waals surface area contributed by atoms with Crippen molar-refractivity contribution in [3.05, 3.63) is 45.2 Å². The van der Waals surface area contributed by atoms with Crippen LogP contribution in [0.1, 0.15) is 27.7 Å². The molecule has 1 aromatic heterocycles. The van der Waals surface area contributed by atoms with Crippen LogP contribution in [0.2, 0.25) is 0 Å². The van der Waals surface area contributed by atoms with Crippen molar-refractivity contribution in [2.45, 2.75) is 20.8 Å². The van der Waals surface area contributed by atoms with Crippen LogP contribution in [-0.2, 0) is 0 Å². The zero-order valence-corrected chi connectivity index (χ0v) is 11.1. The molecule has 1 nitrogen and oxygen atoms in total. The molecule has 0 spiro atoms. The Morgan fingerprint density at radius 2 is 1.78 bits per heavy atom. The summed E-state index contributed by atoms with van der Waals surface area (Å²) in [6.45, 7) is 4.74. The van der Waals surface area contributed by atoms with Crippen molar-refractivity contribution in [3.8, 4) is 11.1 Å². The predicted octanol–water partition coefficient (Wildman–Crippen LogP) is 4.51. The average Bonchev–Trinajstić information content (AvgIpc) is 2.68. The van der Waals surface area contributed by atoms with Crippen LogP contribution in [0.15, 0.2) is 17.5 Å². The third kappa shape index (κ3) is 1.97. The van der Waals surface area contributed by atoms with Crippen LogP contribution in [-0.4, -0.2) is 5.78 Å². The van der Waals surface area contributed by atoms with E-state index in [1.807, 2.05) is 0 Å². The van der Waals surface area contributed by atoms with E-state index in [2.05, 4.69) is 0 Å². The van der Waals surface area contributed by atoms with E-state index < -0.39 is 11.6 Å². The summed E-state index contributed by atoms with van der Waals surface area (Å²) < 4.78 is 27.5. The van der Waals surface area contributed by atoms with Gasteiger partial charge < -0.3 is 0 Å². The summed E-state index contributed by atoms with van der Waals surface area (Å²) >= 11 is 1.36. The number of aryl methyl sites for hydroxylation is 2. The highest BCUT2D eigenvalue weighted by molar-refractivity contribution is 7.10. The topological polar surface area (TPSA) is 17.1 Å². The van der Waals surface area contributed by atoms with Gasteiger partial charge in [-0.15, -0.1) is 11.3 Å². The number of benzene rings is 1. The van der Waals surface area contributed by atoms with E-state index in [4.69, 9.17) is 0 Å². The molecule has 94 valence electrons. The lowest BCUT2D eigenvalue weighted by Gasteiger charge is -2.06. The van der Waals surface area contributed by atoms with Gasteiger partial charge in [-0.05, 0) is 31.7 Å². The summed E-state index contributed by atoms with van der Waals surface area (Å²) in [7, 11) is 0. The summed E-state index contributed by atoms with van der Waals surface area (Å²) in [5.74, 6) is -1.88. The Morgan fingerprint density at radius 3 is 2.39 bits per heavy atom. The highest BCUT2D eigenvalue weighted by Gasteiger charge is 2.19. The number of carbonyl (C=O) groups is 1. The van der Waals surface area contributed by atoms with Gasteiger partial charge in [-0.3, -0.25) is 4.79 Å². The van der Waals surface area contributed by atoms with Gasteiger partial charge in [-0.2, -0.15) is 0 Å². The van der Waals surface area contributed by atoms with Gasteiger partial charge >= 0.3 is 0 Å². The number of thiophene rings is 1. The zero-order chi connectivity index (χ0) is 13.4. The van der Waals surface area contributed by atoms with Gasteiger partial charge in [0.1, 0.15) is 0 Å². The minimum atomic E-state index is -0.893. The van der Waals surface area contributed by atoms with Crippen molar-refractivity contribution in [1.29, 1.82) is 0 Å². The molecule has 0 saturated heterocycles. The van der Waals surface area contributed by atoms with E-state index in [1.165, 1.54) is 37.3 Å². The first-order chi connectivity index (χ1) is 8.43. The van der Waals surface area contributed by atoms with Gasteiger partial charge in [0, 0.05) is 21.6 Å². The Morgan fingerprint density at radius 1 is 1.11 bits per heavy atom. The van der Waals surface area contributed by atoms with Crippen molar-refractivity contribution in [3.63, 3.8) is 0 Å². The van der Waals surface area contributed by atoms with Gasteiger partial charge in [0.2, 0.25) is 0 Å². The smallest absolute Gasteiger partial charge is 0.166 e. The first-order valence-electron chi connectivity index (χ1n) is 5.47. The number of hydrogen-bond donors (Lipinski definition) is 0. The maximum atomic E-state index is 13.9. The van der Waals surface area contributed by atoms with Crippen LogP contribution < -0.4 is 0 Å². The molecule has 4 heteroatoms. The van der Waals surface area contributed by atoms with Crippen molar-refractivity contribution in [2.24, 2.45) is 0 Å². The highest BCUT2D eigenvalue weighted by atomic mass is 32.1. The lowest BCUT2D eigenvalue weighted by atomic mass is 9.99. The molecule has 0 radical (unpaired) electrons. The zero-order valence-electron chi connectivity index (χ0n) is 10.3. The number of Topliss-reactive ketones (excluding diaryl/α,β-unsaturated/α-hetero) is 1. The van der Waals surface area contributed by atoms with E-state index >= 15 is 0 Å². The third-order valence-electron chi connectivity index (χ3n) is 2.89. The molecule has 0 aliphatic heterocycles. The molecule has 0 saturated carbocycles. The first kappa shape index (κ1) is 12.9. The van der Waals surface area contributed by atoms with E-state index in [9.17, 15) is 13.6 Å². The first-order valence-corrected chi connectivity index (χ1v) is 6.35. The van der Waals surface area contributed by atoms with Crippen LogP contribution in [0, 0.1) is 25.5 Å². The molecule has 0 aliphatic rings. The standard InChI is InChI=1S/C14H12F2OS/c1-7-4-5-10(14(16)13(7)15)11-6-18-9(3)12(11)8(2)17/h4-6H,1-3H3. The van der Waals surface area contributed by atoms with Crippen LogP contribution in [0.25, 0.3) is 11.1 Å². The van der Waals surface area contributed by atoms with Gasteiger partial charge in [0.15, 0.2) is 17.4 Å². The third-order valence-corrected chi connectivity index (χ3v) is 3.80. The second-order valence-corrected chi connectivity index (χ2v) is 5.28. The molecule has 1 aromatic carbocycles. The SMILES string of the molecule is CC(=O)c1c(-c2ccc(C)c(F)c2F)csc1C. The molecule has 0 amide bonds. The van der Waals surface area contributed by atoms with Gasteiger partial charge in [-0.25, -0.2) is 8.78 Å². The van der Waals surface area contributed by atoms with E-state index in [0.717, 1.165) is 4.88 Å². The molecule has 0 aliphatic carbocycles. The summed E-state index contributed by atoms with van der Waals surface area (Å²) in [6, 6.07) is 3.03. The Bertz CT molecular complexity index is 629. The van der Waals surface area contributed by atoms with Gasteiger partial charge in [0.05, 0.1) is 0 Å². The predicted molar refractivity (Wildman–Crippen MR) is 69.1 cm³/mol. The summed E-state index contributed by atoms with van der Waals surface area (Å²) in [4.78, 5) is 12.4. The van der Waals surface area contributed by atoms with Crippen molar-refractivity contribution in [2.75, 3.05) is 0 Å². The fourth-order valence-corrected chi connectivity index (χ4v) is 2.86. The number of ketones is 1. The minimum Gasteiger partial charge on any atom is -0.294 e. The van der Waals surface area contributed by atoms with Crippen LogP contribution in [0.3, 0.4) is 0 Å². The summed E-state index contributed by atoms with van der Waals surface area (Å²) in [5.41, 5.74) is 1.35. The summed E-state index contributed by atoms with van der Waals surface area (Å²) in [6.07, 6.45) is 0. The van der Waals surface area contributed by atoms with Crippen molar-refractivity contribution >= 4 is 17.1 Å². The number of halogens is 2. The van der Waals surface area contributed by atoms with Gasteiger partial charge in [-0.1, -0.05) is 12.1 Å². The van der Waals surface area contributed by atoms with E-state index in [-0.39, 0.29) is 16.9 Å². The highest BCUT2D eigenvalue weighted by Crippen LogP contribution is 2.34. The molecule has 0 bridgehead atoms. The largest absolute Gasteiger partial charge is 0.294 e. The lowest BCUT2D eigenvalue weighted by molar-refractivity contribution is 0.101. The average molecular weight is 266 g/mol. The van der Waals surface area contributed by atoms with Crippen molar-refractivity contribution in [1.82, 2.24) is 0 Å². The second kappa shape index (κ2) is 4.61. The Labute approximate surface area is 108 Å². The Balaban J connectivity index is 2.71. The second-order valence-electron chi connectivity index (χ2n) is 4.19. The van der Waals surface area contributed by atoms with Crippen LogP contribution in [0.5, 0.6) is 0 Å². The maximum Gasteiger partial charge on any atom is 0.166 e. The van der Waals surface area contributed by atoms with Crippen LogP contribution in [0.4, 0.5) is 8.78 Å².